The number of likely N-dealkylation sites (N-methyl/N-ethyl adjacent to an activating group) is 1. The van der Waals surface area contributed by atoms with Crippen molar-refractivity contribution in [3.63, 3.8) is 0 Å². The Labute approximate surface area is 115 Å². The van der Waals surface area contributed by atoms with Crippen molar-refractivity contribution < 1.29 is 4.79 Å². The average Bonchev–Trinajstić information content (AvgIpc) is 2.94. The molecular weight excluding hydrogens is 238 g/mol. The molecule has 2 atom stereocenters. The molecule has 1 fully saturated rings. The summed E-state index contributed by atoms with van der Waals surface area (Å²) < 4.78 is 0. The molecule has 0 radical (unpaired) electrons. The monoisotopic (exact) mass is 261 g/mol. The first-order valence-electron chi connectivity index (χ1n) is 7.03. The fourth-order valence-electron chi connectivity index (χ4n) is 2.39. The summed E-state index contributed by atoms with van der Waals surface area (Å²) in [6, 6.07) is 10.3. The smallest absolute Gasteiger partial charge is 0.240 e. The summed E-state index contributed by atoms with van der Waals surface area (Å²) in [7, 11) is 1.88. The largest absolute Gasteiger partial charge is 0.344 e. The highest BCUT2D eigenvalue weighted by atomic mass is 16.2. The van der Waals surface area contributed by atoms with Crippen molar-refractivity contribution in [3.05, 3.63) is 35.9 Å². The number of rotatable bonds is 5. The summed E-state index contributed by atoms with van der Waals surface area (Å²) in [4.78, 5) is 14.1. The zero-order chi connectivity index (χ0) is 13.7. The van der Waals surface area contributed by atoms with Gasteiger partial charge in [0.1, 0.15) is 6.04 Å². The number of carbonyl (C=O) groups excluding carboxylic acids is 1. The molecule has 0 aromatic heterocycles. The van der Waals surface area contributed by atoms with Crippen LogP contribution in [0.5, 0.6) is 0 Å². The highest BCUT2D eigenvalue weighted by Gasteiger charge is 2.31. The minimum absolute atomic E-state index is 0.118. The van der Waals surface area contributed by atoms with Crippen molar-refractivity contribution in [2.24, 2.45) is 0 Å². The summed E-state index contributed by atoms with van der Waals surface area (Å²) in [5.41, 5.74) is 7.56. The first-order chi connectivity index (χ1) is 9.22. The number of hydrazine groups is 1. The lowest BCUT2D eigenvalue weighted by Crippen LogP contribution is -2.44. The van der Waals surface area contributed by atoms with Crippen LogP contribution in [-0.2, 0) is 4.79 Å². The van der Waals surface area contributed by atoms with Gasteiger partial charge in [0.2, 0.25) is 5.91 Å². The molecule has 1 amide bonds. The van der Waals surface area contributed by atoms with E-state index in [9.17, 15) is 4.79 Å². The predicted octanol–water partition coefficient (Wildman–Crippen LogP) is 1.85. The van der Waals surface area contributed by atoms with Crippen molar-refractivity contribution in [2.45, 2.75) is 38.3 Å². The average molecular weight is 261 g/mol. The molecule has 0 saturated carbocycles. The number of hydrogen-bond acceptors (Lipinski definition) is 3. The van der Waals surface area contributed by atoms with Gasteiger partial charge in [-0.1, -0.05) is 43.7 Å². The van der Waals surface area contributed by atoms with Gasteiger partial charge in [0, 0.05) is 19.6 Å². The normalized spacial score (nSPS) is 22.4. The van der Waals surface area contributed by atoms with E-state index in [0.717, 1.165) is 25.8 Å². The van der Waals surface area contributed by atoms with Crippen LogP contribution in [0.4, 0.5) is 0 Å². The fourth-order valence-corrected chi connectivity index (χ4v) is 2.39. The summed E-state index contributed by atoms with van der Waals surface area (Å²) >= 11 is 0. The van der Waals surface area contributed by atoms with E-state index in [2.05, 4.69) is 29.9 Å². The van der Waals surface area contributed by atoms with Crippen LogP contribution in [0.15, 0.2) is 30.3 Å². The summed E-state index contributed by atoms with van der Waals surface area (Å²) in [5.74, 6) is 0.180. The van der Waals surface area contributed by atoms with Crippen molar-refractivity contribution in [1.29, 1.82) is 0 Å². The van der Waals surface area contributed by atoms with Crippen molar-refractivity contribution in [2.75, 3.05) is 13.6 Å². The van der Waals surface area contributed by atoms with Gasteiger partial charge in [-0.05, 0) is 18.4 Å². The van der Waals surface area contributed by atoms with Crippen molar-refractivity contribution >= 4 is 5.91 Å². The molecule has 2 unspecified atom stereocenters. The Kier molecular flexibility index (Phi) is 4.93. The molecule has 1 heterocycles. The maximum Gasteiger partial charge on any atom is 0.240 e. The fraction of sp³-hybridized carbons (Fsp3) is 0.533. The van der Waals surface area contributed by atoms with Gasteiger partial charge in [0.25, 0.3) is 0 Å². The number of amides is 1. The first-order valence-corrected chi connectivity index (χ1v) is 7.03. The van der Waals surface area contributed by atoms with E-state index in [1.165, 1.54) is 5.56 Å². The van der Waals surface area contributed by atoms with Crippen LogP contribution >= 0.6 is 0 Å². The van der Waals surface area contributed by atoms with E-state index < -0.39 is 0 Å². The van der Waals surface area contributed by atoms with Gasteiger partial charge in [-0.15, -0.1) is 0 Å². The molecule has 4 heteroatoms. The van der Waals surface area contributed by atoms with E-state index in [1.54, 1.807) is 0 Å². The van der Waals surface area contributed by atoms with E-state index in [-0.39, 0.29) is 18.0 Å². The van der Waals surface area contributed by atoms with Gasteiger partial charge >= 0.3 is 0 Å². The molecule has 104 valence electrons. The Morgan fingerprint density at radius 3 is 2.74 bits per heavy atom. The Bertz CT molecular complexity index is 407. The third-order valence-electron chi connectivity index (χ3n) is 3.63. The van der Waals surface area contributed by atoms with Crippen LogP contribution in [0, 0.1) is 0 Å². The standard InChI is InChI=1S/C15H23N3O/c1-3-4-10-18(2)15(19)14-11-13(16-17-14)12-8-6-5-7-9-12/h5-9,13-14,16-17H,3-4,10-11H2,1-2H3. The van der Waals surface area contributed by atoms with Crippen LogP contribution < -0.4 is 10.9 Å². The van der Waals surface area contributed by atoms with Crippen LogP contribution in [0.2, 0.25) is 0 Å². The second-order valence-corrected chi connectivity index (χ2v) is 5.15. The van der Waals surface area contributed by atoms with Gasteiger partial charge in [0.05, 0.1) is 0 Å². The van der Waals surface area contributed by atoms with Gasteiger partial charge in [-0.3, -0.25) is 4.79 Å². The van der Waals surface area contributed by atoms with E-state index in [0.29, 0.717) is 0 Å². The third-order valence-corrected chi connectivity index (χ3v) is 3.63. The van der Waals surface area contributed by atoms with E-state index in [4.69, 9.17) is 0 Å². The quantitative estimate of drug-likeness (QED) is 0.850. The maximum atomic E-state index is 12.3. The van der Waals surface area contributed by atoms with Gasteiger partial charge in [-0.25, -0.2) is 10.9 Å². The number of unbranched alkanes of at least 4 members (excludes halogenated alkanes) is 1. The number of nitrogens with one attached hydrogen (secondary N) is 2. The van der Waals surface area contributed by atoms with Crippen LogP contribution in [0.3, 0.4) is 0 Å². The lowest BCUT2D eigenvalue weighted by Gasteiger charge is -2.20. The first kappa shape index (κ1) is 14.0. The molecule has 1 aromatic rings. The van der Waals surface area contributed by atoms with Gasteiger partial charge in [-0.2, -0.15) is 0 Å². The third kappa shape index (κ3) is 3.55. The molecule has 19 heavy (non-hydrogen) atoms. The molecule has 2 rings (SSSR count). The van der Waals surface area contributed by atoms with E-state index >= 15 is 0 Å². The van der Waals surface area contributed by atoms with Gasteiger partial charge < -0.3 is 4.90 Å². The highest BCUT2D eigenvalue weighted by Crippen LogP contribution is 2.22. The second kappa shape index (κ2) is 6.68. The van der Waals surface area contributed by atoms with Crippen molar-refractivity contribution in [3.8, 4) is 0 Å². The number of benzene rings is 1. The second-order valence-electron chi connectivity index (χ2n) is 5.15. The number of nitrogens with zero attached hydrogens (tertiary/aromatic N) is 1. The summed E-state index contributed by atoms with van der Waals surface area (Å²) in [6.07, 6.45) is 2.98. The lowest BCUT2D eigenvalue weighted by molar-refractivity contribution is -0.131. The van der Waals surface area contributed by atoms with Crippen LogP contribution in [0.1, 0.15) is 37.8 Å². The molecule has 1 aliphatic heterocycles. The van der Waals surface area contributed by atoms with E-state index in [1.807, 2.05) is 30.1 Å². The Morgan fingerprint density at radius 2 is 2.05 bits per heavy atom. The minimum atomic E-state index is -0.118. The zero-order valence-corrected chi connectivity index (χ0v) is 11.7. The topological polar surface area (TPSA) is 44.4 Å². The number of hydrogen-bond donors (Lipinski definition) is 2. The molecule has 0 spiro atoms. The highest BCUT2D eigenvalue weighted by molar-refractivity contribution is 5.82. The Hall–Kier alpha value is -1.39. The molecule has 1 saturated heterocycles. The Morgan fingerprint density at radius 1 is 1.32 bits per heavy atom. The Balaban J connectivity index is 1.89. The predicted molar refractivity (Wildman–Crippen MR) is 76.4 cm³/mol. The zero-order valence-electron chi connectivity index (χ0n) is 11.7. The minimum Gasteiger partial charge on any atom is -0.344 e. The molecule has 4 nitrogen and oxygen atoms in total. The molecule has 1 aliphatic rings. The molecule has 1 aromatic carbocycles. The SMILES string of the molecule is CCCCN(C)C(=O)C1CC(c2ccccc2)NN1. The van der Waals surface area contributed by atoms with Crippen LogP contribution in [0.25, 0.3) is 0 Å². The summed E-state index contributed by atoms with van der Waals surface area (Å²) in [5, 5.41) is 0. The van der Waals surface area contributed by atoms with Gasteiger partial charge in [0.15, 0.2) is 0 Å². The van der Waals surface area contributed by atoms with Crippen LogP contribution in [-0.4, -0.2) is 30.4 Å². The van der Waals surface area contributed by atoms with Crippen molar-refractivity contribution in [1.82, 2.24) is 15.8 Å². The summed E-state index contributed by atoms with van der Waals surface area (Å²) in [6.45, 7) is 2.97. The maximum absolute atomic E-state index is 12.3. The molecular formula is C15H23N3O. The lowest BCUT2D eigenvalue weighted by atomic mass is 10.0. The molecule has 0 bridgehead atoms. The molecule has 0 aliphatic carbocycles. The molecule has 2 N–H and O–H groups in total. The number of carbonyl (C=O) groups is 1.